The van der Waals surface area contributed by atoms with Crippen LogP contribution in [0.25, 0.3) is 0 Å². The predicted molar refractivity (Wildman–Crippen MR) is 72.8 cm³/mol. The summed E-state index contributed by atoms with van der Waals surface area (Å²) < 4.78 is 0. The Kier molecular flexibility index (Phi) is 3.87. The van der Waals surface area contributed by atoms with Crippen molar-refractivity contribution in [1.29, 1.82) is 0 Å². The van der Waals surface area contributed by atoms with Crippen molar-refractivity contribution in [2.75, 3.05) is 24.6 Å². The molecule has 1 aliphatic carbocycles. The average Bonchev–Trinajstić information content (AvgIpc) is 2.49. The van der Waals surface area contributed by atoms with E-state index in [0.29, 0.717) is 11.5 Å². The lowest BCUT2D eigenvalue weighted by atomic mass is 9.85. The second-order valence-corrected chi connectivity index (χ2v) is 7.38. The molecule has 2 rings (SSSR count). The van der Waals surface area contributed by atoms with Gasteiger partial charge < -0.3 is 5.73 Å². The lowest BCUT2D eigenvalue weighted by Crippen LogP contribution is -2.47. The SMILES string of the molecule is CC1CSCCN1CC1CCC(C)(C)C1N. The van der Waals surface area contributed by atoms with E-state index in [1.807, 2.05) is 0 Å². The normalized spacial score (nSPS) is 40.1. The van der Waals surface area contributed by atoms with Crippen LogP contribution >= 0.6 is 11.8 Å². The summed E-state index contributed by atoms with van der Waals surface area (Å²) in [6.45, 7) is 9.50. The summed E-state index contributed by atoms with van der Waals surface area (Å²) in [5.41, 5.74) is 6.75. The molecule has 1 saturated heterocycles. The highest BCUT2D eigenvalue weighted by Crippen LogP contribution is 2.40. The molecule has 3 atom stereocenters. The number of nitrogens with two attached hydrogens (primary N) is 1. The van der Waals surface area contributed by atoms with Gasteiger partial charge in [0.15, 0.2) is 0 Å². The van der Waals surface area contributed by atoms with Crippen LogP contribution < -0.4 is 5.73 Å². The molecular weight excluding hydrogens is 216 g/mol. The molecule has 0 amide bonds. The summed E-state index contributed by atoms with van der Waals surface area (Å²) in [5, 5.41) is 0. The Morgan fingerprint density at radius 1 is 1.44 bits per heavy atom. The van der Waals surface area contributed by atoms with Crippen molar-refractivity contribution in [3.05, 3.63) is 0 Å². The van der Waals surface area contributed by atoms with Gasteiger partial charge in [-0.25, -0.2) is 0 Å². The summed E-state index contributed by atoms with van der Waals surface area (Å²) >= 11 is 2.09. The highest BCUT2D eigenvalue weighted by atomic mass is 32.2. The Labute approximate surface area is 104 Å². The van der Waals surface area contributed by atoms with Crippen LogP contribution in [0.3, 0.4) is 0 Å². The molecule has 2 N–H and O–H groups in total. The molecule has 0 bridgehead atoms. The van der Waals surface area contributed by atoms with Gasteiger partial charge in [0, 0.05) is 36.7 Å². The molecule has 3 unspecified atom stereocenters. The van der Waals surface area contributed by atoms with Gasteiger partial charge in [0.25, 0.3) is 0 Å². The summed E-state index contributed by atoms with van der Waals surface area (Å²) in [7, 11) is 0. The molecule has 0 aromatic carbocycles. The molecule has 3 heteroatoms. The Balaban J connectivity index is 1.90. The van der Waals surface area contributed by atoms with E-state index in [4.69, 9.17) is 5.73 Å². The third kappa shape index (κ3) is 2.57. The van der Waals surface area contributed by atoms with E-state index in [-0.39, 0.29) is 0 Å². The minimum Gasteiger partial charge on any atom is -0.327 e. The maximum atomic E-state index is 6.39. The smallest absolute Gasteiger partial charge is 0.0158 e. The van der Waals surface area contributed by atoms with Gasteiger partial charge in [-0.1, -0.05) is 13.8 Å². The van der Waals surface area contributed by atoms with Crippen LogP contribution in [0.4, 0.5) is 0 Å². The number of nitrogens with zero attached hydrogens (tertiary/aromatic N) is 1. The third-order valence-corrected chi connectivity index (χ3v) is 5.73. The van der Waals surface area contributed by atoms with Gasteiger partial charge in [0.05, 0.1) is 0 Å². The number of thioether (sulfide) groups is 1. The van der Waals surface area contributed by atoms with E-state index >= 15 is 0 Å². The first-order valence-electron chi connectivity index (χ1n) is 6.58. The molecule has 2 nitrogen and oxygen atoms in total. The molecule has 1 saturated carbocycles. The summed E-state index contributed by atoms with van der Waals surface area (Å²) in [6, 6.07) is 1.14. The first-order valence-corrected chi connectivity index (χ1v) is 7.73. The van der Waals surface area contributed by atoms with Crippen LogP contribution in [-0.4, -0.2) is 41.6 Å². The summed E-state index contributed by atoms with van der Waals surface area (Å²) in [5.74, 6) is 3.32. The van der Waals surface area contributed by atoms with Crippen molar-refractivity contribution in [1.82, 2.24) is 4.90 Å². The van der Waals surface area contributed by atoms with E-state index in [1.165, 1.54) is 37.4 Å². The first-order chi connectivity index (χ1) is 7.50. The van der Waals surface area contributed by atoms with Gasteiger partial charge in [0.1, 0.15) is 0 Å². The quantitative estimate of drug-likeness (QED) is 0.805. The molecule has 1 aliphatic heterocycles. The minimum absolute atomic E-state index is 0.360. The molecule has 0 aromatic heterocycles. The molecule has 0 spiro atoms. The van der Waals surface area contributed by atoms with E-state index < -0.39 is 0 Å². The van der Waals surface area contributed by atoms with Crippen LogP contribution in [0.5, 0.6) is 0 Å². The van der Waals surface area contributed by atoms with Crippen molar-refractivity contribution in [2.24, 2.45) is 17.1 Å². The molecule has 2 fully saturated rings. The Morgan fingerprint density at radius 3 is 2.75 bits per heavy atom. The molecular formula is C13H26N2S. The average molecular weight is 242 g/mol. The van der Waals surface area contributed by atoms with Gasteiger partial charge in [-0.2, -0.15) is 11.8 Å². The van der Waals surface area contributed by atoms with Gasteiger partial charge in [-0.05, 0) is 31.1 Å². The zero-order valence-corrected chi connectivity index (χ0v) is 11.7. The molecule has 94 valence electrons. The molecule has 16 heavy (non-hydrogen) atoms. The predicted octanol–water partition coefficient (Wildman–Crippen LogP) is 2.19. The zero-order chi connectivity index (χ0) is 11.8. The Hall–Kier alpha value is 0.270. The topological polar surface area (TPSA) is 29.3 Å². The van der Waals surface area contributed by atoms with E-state index in [0.717, 1.165) is 12.0 Å². The monoisotopic (exact) mass is 242 g/mol. The number of hydrogen-bond donors (Lipinski definition) is 1. The van der Waals surface area contributed by atoms with Crippen LogP contribution in [0.2, 0.25) is 0 Å². The first kappa shape index (κ1) is 12.7. The van der Waals surface area contributed by atoms with Gasteiger partial charge in [-0.15, -0.1) is 0 Å². The van der Waals surface area contributed by atoms with Gasteiger partial charge in [0.2, 0.25) is 0 Å². The fraction of sp³-hybridized carbons (Fsp3) is 1.00. The van der Waals surface area contributed by atoms with Crippen LogP contribution in [0, 0.1) is 11.3 Å². The highest BCUT2D eigenvalue weighted by Gasteiger charge is 2.40. The van der Waals surface area contributed by atoms with Crippen molar-refractivity contribution in [2.45, 2.75) is 45.7 Å². The van der Waals surface area contributed by atoms with Crippen LogP contribution in [-0.2, 0) is 0 Å². The van der Waals surface area contributed by atoms with E-state index in [1.54, 1.807) is 0 Å². The van der Waals surface area contributed by atoms with Crippen molar-refractivity contribution < 1.29 is 0 Å². The molecule has 1 heterocycles. The fourth-order valence-corrected chi connectivity index (χ4v) is 4.16. The maximum Gasteiger partial charge on any atom is 0.0158 e. The Bertz CT molecular complexity index is 242. The summed E-state index contributed by atoms with van der Waals surface area (Å²) in [6.07, 6.45) is 2.63. The molecule has 0 radical (unpaired) electrons. The minimum atomic E-state index is 0.360. The molecule has 0 aromatic rings. The second kappa shape index (κ2) is 4.87. The van der Waals surface area contributed by atoms with Crippen LogP contribution in [0.1, 0.15) is 33.6 Å². The zero-order valence-electron chi connectivity index (χ0n) is 10.9. The highest BCUT2D eigenvalue weighted by molar-refractivity contribution is 7.99. The fourth-order valence-electron chi connectivity index (χ4n) is 3.08. The number of rotatable bonds is 2. The maximum absolute atomic E-state index is 6.39. The lowest BCUT2D eigenvalue weighted by Gasteiger charge is -2.37. The molecule has 2 aliphatic rings. The number of hydrogen-bond acceptors (Lipinski definition) is 3. The van der Waals surface area contributed by atoms with E-state index in [9.17, 15) is 0 Å². The van der Waals surface area contributed by atoms with Crippen molar-refractivity contribution >= 4 is 11.8 Å². The second-order valence-electron chi connectivity index (χ2n) is 6.23. The van der Waals surface area contributed by atoms with Crippen molar-refractivity contribution in [3.8, 4) is 0 Å². The van der Waals surface area contributed by atoms with Crippen molar-refractivity contribution in [3.63, 3.8) is 0 Å². The lowest BCUT2D eigenvalue weighted by molar-refractivity contribution is 0.177. The van der Waals surface area contributed by atoms with E-state index in [2.05, 4.69) is 37.4 Å². The third-order valence-electron chi connectivity index (χ3n) is 4.54. The van der Waals surface area contributed by atoms with Gasteiger partial charge >= 0.3 is 0 Å². The Morgan fingerprint density at radius 2 is 2.19 bits per heavy atom. The largest absolute Gasteiger partial charge is 0.327 e. The van der Waals surface area contributed by atoms with Crippen LogP contribution in [0.15, 0.2) is 0 Å². The summed E-state index contributed by atoms with van der Waals surface area (Å²) in [4.78, 5) is 2.66. The standard InChI is InChI=1S/C13H26N2S/c1-10-9-16-7-6-15(10)8-11-4-5-13(2,3)12(11)14/h10-12H,4-9,14H2,1-3H3. The van der Waals surface area contributed by atoms with Gasteiger partial charge in [-0.3, -0.25) is 4.90 Å².